The molecule has 0 aliphatic heterocycles. The molecule has 0 spiro atoms. The summed E-state index contributed by atoms with van der Waals surface area (Å²) in [4.78, 5) is 10.6. The number of aryl methyl sites for hydroxylation is 1. The molecule has 0 atom stereocenters. The van der Waals surface area contributed by atoms with Crippen LogP contribution in [0.4, 0.5) is 5.82 Å². The van der Waals surface area contributed by atoms with Gasteiger partial charge in [-0.1, -0.05) is 5.16 Å². The monoisotopic (exact) mass is 277 g/mol. The van der Waals surface area contributed by atoms with Gasteiger partial charge in [0.25, 0.3) is 5.78 Å². The van der Waals surface area contributed by atoms with Gasteiger partial charge in [0.05, 0.1) is 0 Å². The van der Waals surface area contributed by atoms with Gasteiger partial charge in [-0.3, -0.25) is 0 Å². The Hall–Kier alpha value is -2.38. The zero-order valence-electron chi connectivity index (χ0n) is 11.9. The number of oxime groups is 1. The van der Waals surface area contributed by atoms with Crippen molar-refractivity contribution in [3.8, 4) is 0 Å². The maximum absolute atomic E-state index is 8.65. The molecule has 0 aliphatic carbocycles. The molecule has 0 aromatic carbocycles. The van der Waals surface area contributed by atoms with Gasteiger partial charge in [0, 0.05) is 30.8 Å². The van der Waals surface area contributed by atoms with E-state index in [4.69, 9.17) is 10.9 Å². The molecule has 0 saturated heterocycles. The highest BCUT2D eigenvalue weighted by molar-refractivity contribution is 5.80. The zero-order chi connectivity index (χ0) is 14.7. The number of rotatable bonds is 5. The minimum atomic E-state index is 0.205. The van der Waals surface area contributed by atoms with Crippen molar-refractivity contribution in [2.45, 2.75) is 33.2 Å². The summed E-state index contributed by atoms with van der Waals surface area (Å²) in [5.41, 5.74) is 6.42. The van der Waals surface area contributed by atoms with Crippen molar-refractivity contribution in [3.63, 3.8) is 0 Å². The number of hydrogen-bond acceptors (Lipinski definition) is 6. The lowest BCUT2D eigenvalue weighted by Crippen LogP contribution is -2.35. The first-order valence-corrected chi connectivity index (χ1v) is 6.43. The molecule has 108 valence electrons. The van der Waals surface area contributed by atoms with Crippen LogP contribution in [0.3, 0.4) is 0 Å². The van der Waals surface area contributed by atoms with Crippen LogP contribution in [0.5, 0.6) is 0 Å². The molecule has 8 heteroatoms. The molecule has 2 rings (SSSR count). The van der Waals surface area contributed by atoms with Crippen LogP contribution < -0.4 is 10.6 Å². The Balaban J connectivity index is 2.38. The number of aromatic nitrogens is 4. The second-order valence-electron chi connectivity index (χ2n) is 4.86. The predicted molar refractivity (Wildman–Crippen MR) is 76.0 cm³/mol. The Labute approximate surface area is 116 Å². The summed E-state index contributed by atoms with van der Waals surface area (Å²) in [6, 6.07) is 2.18. The molecule has 2 aromatic heterocycles. The Morgan fingerprint density at radius 1 is 1.55 bits per heavy atom. The van der Waals surface area contributed by atoms with E-state index in [1.54, 1.807) is 4.52 Å². The number of fused-ring (bicyclic) bond motifs is 1. The Kier molecular flexibility index (Phi) is 4.02. The average Bonchev–Trinajstić information content (AvgIpc) is 2.85. The normalized spacial score (nSPS) is 12.3. The fourth-order valence-electron chi connectivity index (χ4n) is 2.04. The van der Waals surface area contributed by atoms with Crippen molar-refractivity contribution in [1.82, 2.24) is 19.6 Å². The summed E-state index contributed by atoms with van der Waals surface area (Å²) in [7, 11) is 0. The quantitative estimate of drug-likeness (QED) is 0.362. The number of hydrogen-bond donors (Lipinski definition) is 2. The van der Waals surface area contributed by atoms with E-state index in [2.05, 4.69) is 39.0 Å². The van der Waals surface area contributed by atoms with Gasteiger partial charge in [0.2, 0.25) is 0 Å². The third-order valence-corrected chi connectivity index (χ3v) is 3.02. The minimum Gasteiger partial charge on any atom is -0.409 e. The Bertz CT molecular complexity index is 619. The first-order chi connectivity index (χ1) is 9.52. The number of anilines is 1. The summed E-state index contributed by atoms with van der Waals surface area (Å²) in [5, 5.41) is 15.9. The van der Waals surface area contributed by atoms with Crippen molar-refractivity contribution < 1.29 is 5.21 Å². The van der Waals surface area contributed by atoms with Crippen molar-refractivity contribution in [2.75, 3.05) is 11.4 Å². The van der Waals surface area contributed by atoms with Gasteiger partial charge >= 0.3 is 0 Å². The lowest BCUT2D eigenvalue weighted by atomic mass is 10.2. The van der Waals surface area contributed by atoms with E-state index in [1.165, 1.54) is 6.33 Å². The molecule has 0 radical (unpaired) electrons. The maximum atomic E-state index is 8.65. The van der Waals surface area contributed by atoms with E-state index in [1.807, 2.05) is 13.0 Å². The lowest BCUT2D eigenvalue weighted by Gasteiger charge is -2.28. The van der Waals surface area contributed by atoms with Gasteiger partial charge in [-0.2, -0.15) is 14.6 Å². The molecule has 2 aromatic rings. The molecule has 0 unspecified atom stereocenters. The van der Waals surface area contributed by atoms with Crippen LogP contribution in [0.25, 0.3) is 5.78 Å². The van der Waals surface area contributed by atoms with E-state index >= 15 is 0 Å². The third kappa shape index (κ3) is 2.79. The lowest BCUT2D eigenvalue weighted by molar-refractivity contribution is 0.317. The van der Waals surface area contributed by atoms with Crippen LogP contribution in [0, 0.1) is 6.92 Å². The van der Waals surface area contributed by atoms with E-state index in [0.29, 0.717) is 18.7 Å². The molecule has 8 nitrogen and oxygen atoms in total. The molecule has 0 saturated carbocycles. The van der Waals surface area contributed by atoms with Crippen molar-refractivity contribution >= 4 is 17.4 Å². The predicted octanol–water partition coefficient (Wildman–Crippen LogP) is 0.784. The van der Waals surface area contributed by atoms with Crippen LogP contribution in [0.15, 0.2) is 17.5 Å². The second-order valence-corrected chi connectivity index (χ2v) is 4.86. The fourth-order valence-corrected chi connectivity index (χ4v) is 2.04. The zero-order valence-corrected chi connectivity index (χ0v) is 11.9. The van der Waals surface area contributed by atoms with Crippen LogP contribution in [0.2, 0.25) is 0 Å². The van der Waals surface area contributed by atoms with Crippen LogP contribution in [-0.2, 0) is 0 Å². The summed E-state index contributed by atoms with van der Waals surface area (Å²) >= 11 is 0. The molecule has 20 heavy (non-hydrogen) atoms. The van der Waals surface area contributed by atoms with E-state index in [0.717, 1.165) is 11.5 Å². The fraction of sp³-hybridized carbons (Fsp3) is 0.500. The van der Waals surface area contributed by atoms with Gasteiger partial charge < -0.3 is 15.8 Å². The summed E-state index contributed by atoms with van der Waals surface area (Å²) < 4.78 is 1.69. The highest BCUT2D eigenvalue weighted by Crippen LogP contribution is 2.18. The van der Waals surface area contributed by atoms with Gasteiger partial charge in [-0.05, 0) is 20.8 Å². The van der Waals surface area contributed by atoms with Gasteiger partial charge in [-0.15, -0.1) is 0 Å². The Morgan fingerprint density at radius 2 is 2.30 bits per heavy atom. The molecule has 0 fully saturated rings. The third-order valence-electron chi connectivity index (χ3n) is 3.02. The first kappa shape index (κ1) is 14.0. The van der Waals surface area contributed by atoms with Crippen molar-refractivity contribution in [2.24, 2.45) is 10.9 Å². The molecule has 3 N–H and O–H groups in total. The second kappa shape index (κ2) is 5.72. The largest absolute Gasteiger partial charge is 0.409 e. The average molecular weight is 277 g/mol. The van der Waals surface area contributed by atoms with E-state index < -0.39 is 0 Å². The van der Waals surface area contributed by atoms with Crippen molar-refractivity contribution in [3.05, 3.63) is 18.1 Å². The molecule has 0 aliphatic rings. The van der Waals surface area contributed by atoms with Gasteiger partial charge in [0.15, 0.2) is 0 Å². The minimum absolute atomic E-state index is 0.205. The van der Waals surface area contributed by atoms with Crippen LogP contribution in [-0.4, -0.2) is 43.2 Å². The summed E-state index contributed by atoms with van der Waals surface area (Å²) in [6.07, 6.45) is 1.94. The van der Waals surface area contributed by atoms with E-state index in [9.17, 15) is 0 Å². The highest BCUT2D eigenvalue weighted by atomic mass is 16.4. The van der Waals surface area contributed by atoms with E-state index in [-0.39, 0.29) is 11.9 Å². The summed E-state index contributed by atoms with van der Waals surface area (Å²) in [5.74, 6) is 1.66. The SMILES string of the molecule is Cc1cc(N(CCC(N)=NO)C(C)C)n2ncnc2n1. The topological polar surface area (TPSA) is 105 Å². The smallest absolute Gasteiger partial charge is 0.254 e. The van der Waals surface area contributed by atoms with Crippen LogP contribution >= 0.6 is 0 Å². The number of amidine groups is 1. The molecule has 0 bridgehead atoms. The van der Waals surface area contributed by atoms with Gasteiger partial charge in [0.1, 0.15) is 18.0 Å². The van der Waals surface area contributed by atoms with Crippen molar-refractivity contribution in [1.29, 1.82) is 0 Å². The van der Waals surface area contributed by atoms with Crippen LogP contribution in [0.1, 0.15) is 26.0 Å². The molecular formula is C12H19N7O. The van der Waals surface area contributed by atoms with Gasteiger partial charge in [-0.25, -0.2) is 4.98 Å². The maximum Gasteiger partial charge on any atom is 0.254 e. The number of nitrogens with zero attached hydrogens (tertiary/aromatic N) is 6. The Morgan fingerprint density at radius 3 is 2.95 bits per heavy atom. The molecular weight excluding hydrogens is 258 g/mol. The molecule has 0 amide bonds. The molecule has 2 heterocycles. The summed E-state index contributed by atoms with van der Waals surface area (Å²) in [6.45, 7) is 6.68. The standard InChI is InChI=1S/C12H19N7O/c1-8(2)18(5-4-10(13)17-20)11-6-9(3)16-12-14-7-15-19(11)12/h6-8,20H,4-5H2,1-3H3,(H2,13,17). The number of nitrogens with two attached hydrogens (primary N) is 1. The highest BCUT2D eigenvalue weighted by Gasteiger charge is 2.16. The first-order valence-electron chi connectivity index (χ1n) is 6.43.